The van der Waals surface area contributed by atoms with Crippen LogP contribution in [0.3, 0.4) is 0 Å². The number of carbonyl (C=O) groups is 2. The highest BCUT2D eigenvalue weighted by Gasteiger charge is 2.29. The number of para-hydroxylation sites is 1. The molecule has 0 aliphatic heterocycles. The number of carbonyl (C=O) groups excluding carboxylic acids is 2. The molecule has 180 valence electrons. The number of hydrogen-bond acceptors (Lipinski definition) is 5. The lowest BCUT2D eigenvalue weighted by Crippen LogP contribution is -2.23. The van der Waals surface area contributed by atoms with Crippen LogP contribution in [0.15, 0.2) is 65.7 Å². The van der Waals surface area contributed by atoms with E-state index in [1.807, 2.05) is 37.3 Å². The summed E-state index contributed by atoms with van der Waals surface area (Å²) in [5.41, 5.74) is 3.97. The fraction of sp³-hybridized carbons (Fsp3) is 0.286. The second-order valence-corrected chi connectivity index (χ2v) is 11.1. The van der Waals surface area contributed by atoms with Crippen LogP contribution in [0.1, 0.15) is 46.6 Å². The number of aromatic nitrogens is 1. The highest BCUT2D eigenvalue weighted by Crippen LogP contribution is 2.40. The van der Waals surface area contributed by atoms with Gasteiger partial charge < -0.3 is 14.6 Å². The van der Waals surface area contributed by atoms with Gasteiger partial charge in [-0.3, -0.25) is 4.79 Å². The Morgan fingerprint density at radius 2 is 1.89 bits per heavy atom. The molecular weight excluding hydrogens is 476 g/mol. The Hall–Kier alpha value is -3.03. The molecule has 4 aromatic rings. The molecule has 1 N–H and O–H groups in total. The summed E-state index contributed by atoms with van der Waals surface area (Å²) in [5, 5.41) is 4.47. The maximum Gasteiger partial charge on any atom is 0.341 e. The number of thioether (sulfide) groups is 1. The minimum Gasteiger partial charge on any atom is -0.462 e. The summed E-state index contributed by atoms with van der Waals surface area (Å²) in [6.45, 7) is 4.80. The zero-order valence-corrected chi connectivity index (χ0v) is 21.5. The molecule has 0 saturated heterocycles. The third kappa shape index (κ3) is 4.88. The fourth-order valence-electron chi connectivity index (χ4n) is 4.59. The number of benzene rings is 2. The van der Waals surface area contributed by atoms with Crippen molar-refractivity contribution in [2.45, 2.75) is 49.8 Å². The Morgan fingerprint density at radius 1 is 1.11 bits per heavy atom. The van der Waals surface area contributed by atoms with E-state index in [9.17, 15) is 9.59 Å². The number of anilines is 1. The molecule has 7 heteroatoms. The van der Waals surface area contributed by atoms with Gasteiger partial charge in [0.1, 0.15) is 5.00 Å². The minimum absolute atomic E-state index is 0.111. The molecule has 0 radical (unpaired) electrons. The number of fused-ring (bicyclic) bond motifs is 2. The third-order valence-electron chi connectivity index (χ3n) is 6.26. The lowest BCUT2D eigenvalue weighted by molar-refractivity contribution is -0.115. The lowest BCUT2D eigenvalue weighted by Gasteiger charge is -2.12. The molecule has 2 heterocycles. The normalized spacial score (nSPS) is 13.5. The maximum atomic E-state index is 13.2. The predicted octanol–water partition coefficient (Wildman–Crippen LogP) is 6.54. The van der Waals surface area contributed by atoms with E-state index in [2.05, 4.69) is 40.3 Å². The molecule has 1 aliphatic rings. The molecule has 1 aliphatic carbocycles. The highest BCUT2D eigenvalue weighted by molar-refractivity contribution is 8.00. The van der Waals surface area contributed by atoms with Gasteiger partial charge in [-0.15, -0.1) is 23.1 Å². The van der Waals surface area contributed by atoms with Crippen LogP contribution in [-0.4, -0.2) is 28.3 Å². The van der Waals surface area contributed by atoms with Crippen molar-refractivity contribution in [3.8, 4) is 0 Å². The first-order valence-electron chi connectivity index (χ1n) is 12.0. The summed E-state index contributed by atoms with van der Waals surface area (Å²) in [6, 6.07) is 18.7. The Kier molecular flexibility index (Phi) is 6.97. The summed E-state index contributed by atoms with van der Waals surface area (Å²) >= 11 is 3.06. The summed E-state index contributed by atoms with van der Waals surface area (Å²) in [6.07, 6.45) is 4.99. The zero-order valence-electron chi connectivity index (χ0n) is 19.9. The molecule has 0 bridgehead atoms. The van der Waals surface area contributed by atoms with E-state index in [1.165, 1.54) is 21.8 Å². The SMILES string of the molecule is CCOC(=O)c1c(NC(=O)[C@H](C)Sc2cn(Cc3ccccc3)c3ccccc23)sc2c1CCC2. The van der Waals surface area contributed by atoms with Gasteiger partial charge in [0.25, 0.3) is 0 Å². The third-order valence-corrected chi connectivity index (χ3v) is 8.61. The topological polar surface area (TPSA) is 60.3 Å². The Labute approximate surface area is 213 Å². The van der Waals surface area contributed by atoms with Crippen molar-refractivity contribution >= 4 is 50.9 Å². The van der Waals surface area contributed by atoms with Crippen LogP contribution in [0.4, 0.5) is 5.00 Å². The molecule has 5 nitrogen and oxygen atoms in total. The second-order valence-electron chi connectivity index (χ2n) is 8.66. The van der Waals surface area contributed by atoms with Gasteiger partial charge in [-0.05, 0) is 50.3 Å². The smallest absolute Gasteiger partial charge is 0.341 e. The van der Waals surface area contributed by atoms with Crippen molar-refractivity contribution in [3.05, 3.63) is 82.4 Å². The van der Waals surface area contributed by atoms with Crippen molar-refractivity contribution < 1.29 is 14.3 Å². The summed E-state index contributed by atoms with van der Waals surface area (Å²) < 4.78 is 7.53. The van der Waals surface area contributed by atoms with E-state index < -0.39 is 0 Å². The van der Waals surface area contributed by atoms with Crippen LogP contribution >= 0.6 is 23.1 Å². The van der Waals surface area contributed by atoms with Crippen LogP contribution in [0.25, 0.3) is 10.9 Å². The minimum atomic E-state index is -0.341. The second kappa shape index (κ2) is 10.3. The van der Waals surface area contributed by atoms with Crippen molar-refractivity contribution in [2.24, 2.45) is 0 Å². The summed E-state index contributed by atoms with van der Waals surface area (Å²) in [4.78, 5) is 28.1. The van der Waals surface area contributed by atoms with Gasteiger partial charge in [-0.1, -0.05) is 48.5 Å². The van der Waals surface area contributed by atoms with E-state index in [1.54, 1.807) is 18.7 Å². The van der Waals surface area contributed by atoms with Crippen LogP contribution in [0, 0.1) is 0 Å². The predicted molar refractivity (Wildman–Crippen MR) is 144 cm³/mol. The van der Waals surface area contributed by atoms with Crippen molar-refractivity contribution in [3.63, 3.8) is 0 Å². The molecule has 0 unspecified atom stereocenters. The molecule has 0 fully saturated rings. The van der Waals surface area contributed by atoms with E-state index in [0.717, 1.165) is 47.2 Å². The Morgan fingerprint density at radius 3 is 2.69 bits per heavy atom. The summed E-state index contributed by atoms with van der Waals surface area (Å²) in [7, 11) is 0. The van der Waals surface area contributed by atoms with E-state index >= 15 is 0 Å². The molecule has 0 saturated carbocycles. The fourth-order valence-corrected chi connectivity index (χ4v) is 6.90. The average molecular weight is 505 g/mol. The van der Waals surface area contributed by atoms with Gasteiger partial charge in [0, 0.05) is 33.4 Å². The number of thiophene rings is 1. The van der Waals surface area contributed by atoms with Crippen LogP contribution in [0.5, 0.6) is 0 Å². The van der Waals surface area contributed by atoms with Gasteiger partial charge in [-0.2, -0.15) is 0 Å². The number of rotatable bonds is 8. The number of nitrogens with one attached hydrogen (secondary N) is 1. The first kappa shape index (κ1) is 23.7. The molecule has 2 aromatic heterocycles. The summed E-state index contributed by atoms with van der Waals surface area (Å²) in [5.74, 6) is -0.452. The van der Waals surface area contributed by atoms with Gasteiger partial charge in [-0.25, -0.2) is 4.79 Å². The van der Waals surface area contributed by atoms with E-state index in [0.29, 0.717) is 17.2 Å². The van der Waals surface area contributed by atoms with Crippen LogP contribution in [-0.2, 0) is 28.9 Å². The van der Waals surface area contributed by atoms with E-state index in [4.69, 9.17) is 4.74 Å². The molecule has 2 aromatic carbocycles. The van der Waals surface area contributed by atoms with Gasteiger partial charge in [0.15, 0.2) is 0 Å². The molecule has 5 rings (SSSR count). The quantitative estimate of drug-likeness (QED) is 0.219. The lowest BCUT2D eigenvalue weighted by atomic mass is 10.1. The number of amides is 1. The number of ether oxygens (including phenoxy) is 1. The van der Waals surface area contributed by atoms with E-state index in [-0.39, 0.29) is 17.1 Å². The first-order chi connectivity index (χ1) is 17.0. The standard InChI is InChI=1S/C28H28N2O3S2/c1-3-33-28(32)25-21-13-9-15-23(21)35-27(25)29-26(31)18(2)34-24-17-30(16-19-10-5-4-6-11-19)22-14-8-7-12-20(22)24/h4-8,10-12,14,17-18H,3,9,13,15-16H2,1-2H3,(H,29,31)/t18-/m0/s1. The number of aryl methyl sites for hydroxylation is 1. The van der Waals surface area contributed by atoms with Crippen molar-refractivity contribution in [1.29, 1.82) is 0 Å². The van der Waals surface area contributed by atoms with Gasteiger partial charge in [0.05, 0.1) is 17.4 Å². The Balaban J connectivity index is 1.36. The largest absolute Gasteiger partial charge is 0.462 e. The number of nitrogens with zero attached hydrogens (tertiary/aromatic N) is 1. The zero-order chi connectivity index (χ0) is 24.4. The van der Waals surface area contributed by atoms with Crippen molar-refractivity contribution in [1.82, 2.24) is 4.57 Å². The molecule has 35 heavy (non-hydrogen) atoms. The van der Waals surface area contributed by atoms with Crippen LogP contribution < -0.4 is 5.32 Å². The van der Waals surface area contributed by atoms with Gasteiger partial charge in [0.2, 0.25) is 5.91 Å². The highest BCUT2D eigenvalue weighted by atomic mass is 32.2. The average Bonchev–Trinajstić information content (AvgIpc) is 3.54. The monoisotopic (exact) mass is 504 g/mol. The van der Waals surface area contributed by atoms with Crippen molar-refractivity contribution in [2.75, 3.05) is 11.9 Å². The van der Waals surface area contributed by atoms with Gasteiger partial charge >= 0.3 is 5.97 Å². The first-order valence-corrected chi connectivity index (χ1v) is 13.7. The molecular formula is C28H28N2O3S2. The molecule has 0 spiro atoms. The number of hydrogen-bond donors (Lipinski definition) is 1. The molecule has 1 atom stereocenters. The molecule has 1 amide bonds. The maximum absolute atomic E-state index is 13.2. The number of esters is 1. The Bertz CT molecular complexity index is 1370. The van der Waals surface area contributed by atoms with Crippen LogP contribution in [0.2, 0.25) is 0 Å².